The third kappa shape index (κ3) is 4.75. The monoisotopic (exact) mass is 372 g/mol. The zero-order valence-corrected chi connectivity index (χ0v) is 14.3. The van der Waals surface area contributed by atoms with Gasteiger partial charge in [0.1, 0.15) is 11.9 Å². The molecular formula is C18H23F3N2O3. The third-order valence-electron chi connectivity index (χ3n) is 5.02. The van der Waals surface area contributed by atoms with Crippen molar-refractivity contribution in [2.24, 2.45) is 0 Å². The van der Waals surface area contributed by atoms with Crippen molar-refractivity contribution >= 4 is 5.91 Å². The Balaban J connectivity index is 1.44. The molecule has 2 aliphatic rings. The second-order valence-corrected chi connectivity index (χ2v) is 6.98. The number of aliphatic hydroxyl groups excluding tert-OH is 1. The van der Waals surface area contributed by atoms with Crippen LogP contribution in [0.15, 0.2) is 24.3 Å². The fourth-order valence-electron chi connectivity index (χ4n) is 3.42. The van der Waals surface area contributed by atoms with Crippen LogP contribution in [0.4, 0.5) is 13.2 Å². The molecule has 0 spiro atoms. The number of ether oxygens (including phenoxy) is 1. The molecule has 26 heavy (non-hydrogen) atoms. The number of carbonyl (C=O) groups excluding carboxylic acids is 1. The Morgan fingerprint density at radius 2 is 1.88 bits per heavy atom. The molecule has 144 valence electrons. The van der Waals surface area contributed by atoms with Crippen molar-refractivity contribution in [3.8, 4) is 0 Å². The molecule has 8 heteroatoms. The lowest BCUT2D eigenvalue weighted by molar-refractivity contribution is -0.0421. The Hall–Kier alpha value is -1.64. The maximum atomic E-state index is 13.2. The summed E-state index contributed by atoms with van der Waals surface area (Å²) in [5.41, 5.74) is 0.316. The first-order chi connectivity index (χ1) is 12.3. The lowest BCUT2D eigenvalue weighted by Crippen LogP contribution is -2.49. The van der Waals surface area contributed by atoms with Gasteiger partial charge in [-0.3, -0.25) is 4.79 Å². The average Bonchev–Trinajstić information content (AvgIpc) is 2.95. The lowest BCUT2D eigenvalue weighted by atomic mass is 9.91. The quantitative estimate of drug-likeness (QED) is 0.738. The van der Waals surface area contributed by atoms with Gasteiger partial charge in [0.25, 0.3) is 5.91 Å². The van der Waals surface area contributed by atoms with Crippen LogP contribution in [-0.2, 0) is 4.74 Å². The molecule has 1 heterocycles. The molecule has 1 aromatic rings. The molecule has 0 bridgehead atoms. The Morgan fingerprint density at radius 3 is 2.54 bits per heavy atom. The Bertz CT molecular complexity index is 617. The van der Waals surface area contributed by atoms with Crippen molar-refractivity contribution < 1.29 is 27.8 Å². The number of rotatable bonds is 5. The molecule has 1 saturated carbocycles. The minimum Gasteiger partial charge on any atom is -0.389 e. The van der Waals surface area contributed by atoms with Crippen LogP contribution in [0.3, 0.4) is 0 Å². The molecule has 5 nitrogen and oxygen atoms in total. The SMILES string of the molecule is O=C(NCC1OCC(NC2CCC(F)(F)CC2)C1O)c1ccc(F)cc1. The van der Waals surface area contributed by atoms with Gasteiger partial charge in [-0.25, -0.2) is 13.2 Å². The van der Waals surface area contributed by atoms with Gasteiger partial charge in [0.15, 0.2) is 0 Å². The van der Waals surface area contributed by atoms with E-state index in [4.69, 9.17) is 4.74 Å². The van der Waals surface area contributed by atoms with Gasteiger partial charge in [-0.2, -0.15) is 0 Å². The maximum Gasteiger partial charge on any atom is 0.251 e. The van der Waals surface area contributed by atoms with E-state index in [1.165, 1.54) is 24.3 Å². The smallest absolute Gasteiger partial charge is 0.251 e. The first kappa shape index (κ1) is 19.1. The van der Waals surface area contributed by atoms with Crippen LogP contribution >= 0.6 is 0 Å². The largest absolute Gasteiger partial charge is 0.389 e. The molecule has 0 aromatic heterocycles. The van der Waals surface area contributed by atoms with Gasteiger partial charge in [0, 0.05) is 31.0 Å². The minimum absolute atomic E-state index is 0.0644. The molecule has 0 radical (unpaired) electrons. The van der Waals surface area contributed by atoms with Gasteiger partial charge >= 0.3 is 0 Å². The molecule has 3 N–H and O–H groups in total. The van der Waals surface area contributed by atoms with Gasteiger partial charge in [-0.1, -0.05) is 0 Å². The first-order valence-corrected chi connectivity index (χ1v) is 8.81. The molecule has 3 atom stereocenters. The molecule has 2 fully saturated rings. The summed E-state index contributed by atoms with van der Waals surface area (Å²) in [6.45, 7) is 0.365. The van der Waals surface area contributed by atoms with E-state index in [-0.39, 0.29) is 44.0 Å². The average molecular weight is 372 g/mol. The van der Waals surface area contributed by atoms with Gasteiger partial charge in [0.05, 0.1) is 18.8 Å². The summed E-state index contributed by atoms with van der Waals surface area (Å²) in [6.07, 6.45) is -0.991. The second kappa shape index (κ2) is 7.94. The number of alkyl halides is 2. The van der Waals surface area contributed by atoms with E-state index >= 15 is 0 Å². The number of hydrogen-bond donors (Lipinski definition) is 3. The molecule has 1 saturated heterocycles. The normalized spacial score (nSPS) is 28.8. The summed E-state index contributed by atoms with van der Waals surface area (Å²) in [5.74, 6) is -3.40. The van der Waals surface area contributed by atoms with Crippen molar-refractivity contribution in [1.29, 1.82) is 0 Å². The summed E-state index contributed by atoms with van der Waals surface area (Å²) >= 11 is 0. The standard InChI is InChI=1S/C18H23F3N2O3/c19-12-3-1-11(2-4-12)17(25)22-9-15-16(24)14(10-26-15)23-13-5-7-18(20,21)8-6-13/h1-4,13-16,23-24H,5-10H2,(H,22,25). The van der Waals surface area contributed by atoms with Crippen molar-refractivity contribution in [3.05, 3.63) is 35.6 Å². The van der Waals surface area contributed by atoms with E-state index in [0.717, 1.165) is 0 Å². The first-order valence-electron chi connectivity index (χ1n) is 8.81. The molecule has 1 aliphatic carbocycles. The number of carbonyl (C=O) groups is 1. The van der Waals surface area contributed by atoms with Crippen LogP contribution in [0.2, 0.25) is 0 Å². The second-order valence-electron chi connectivity index (χ2n) is 6.98. The number of hydrogen-bond acceptors (Lipinski definition) is 4. The van der Waals surface area contributed by atoms with Gasteiger partial charge in [-0.15, -0.1) is 0 Å². The molecule has 3 rings (SSSR count). The fourth-order valence-corrected chi connectivity index (χ4v) is 3.42. The topological polar surface area (TPSA) is 70.6 Å². The lowest BCUT2D eigenvalue weighted by Gasteiger charge is -2.31. The summed E-state index contributed by atoms with van der Waals surface area (Å²) in [7, 11) is 0. The number of aliphatic hydroxyl groups is 1. The van der Waals surface area contributed by atoms with Gasteiger partial charge < -0.3 is 20.5 Å². The van der Waals surface area contributed by atoms with Crippen LogP contribution in [0.25, 0.3) is 0 Å². The van der Waals surface area contributed by atoms with Crippen LogP contribution < -0.4 is 10.6 Å². The number of amides is 1. The maximum absolute atomic E-state index is 13.2. The van der Waals surface area contributed by atoms with E-state index in [2.05, 4.69) is 10.6 Å². The molecule has 3 unspecified atom stereocenters. The third-order valence-corrected chi connectivity index (χ3v) is 5.02. The number of halogens is 3. The highest BCUT2D eigenvalue weighted by Crippen LogP contribution is 2.33. The minimum atomic E-state index is -2.59. The summed E-state index contributed by atoms with van der Waals surface area (Å²) in [4.78, 5) is 12.0. The number of benzene rings is 1. The molecule has 1 amide bonds. The van der Waals surface area contributed by atoms with Crippen molar-refractivity contribution in [3.63, 3.8) is 0 Å². The van der Waals surface area contributed by atoms with Crippen molar-refractivity contribution in [2.75, 3.05) is 13.2 Å². The van der Waals surface area contributed by atoms with Crippen LogP contribution in [0.1, 0.15) is 36.0 Å². The van der Waals surface area contributed by atoms with E-state index in [1.54, 1.807) is 0 Å². The summed E-state index contributed by atoms with van der Waals surface area (Å²) in [5, 5.41) is 16.2. The molecular weight excluding hydrogens is 349 g/mol. The zero-order valence-electron chi connectivity index (χ0n) is 14.3. The Morgan fingerprint density at radius 1 is 1.23 bits per heavy atom. The molecule has 1 aromatic carbocycles. The van der Waals surface area contributed by atoms with Crippen LogP contribution in [0, 0.1) is 5.82 Å². The number of nitrogens with one attached hydrogen (secondary N) is 2. The van der Waals surface area contributed by atoms with Crippen LogP contribution in [0.5, 0.6) is 0 Å². The van der Waals surface area contributed by atoms with Crippen molar-refractivity contribution in [1.82, 2.24) is 10.6 Å². The van der Waals surface area contributed by atoms with E-state index < -0.39 is 23.9 Å². The van der Waals surface area contributed by atoms with Crippen molar-refractivity contribution in [2.45, 2.75) is 55.9 Å². The van der Waals surface area contributed by atoms with Crippen LogP contribution in [-0.4, -0.2) is 54.4 Å². The highest BCUT2D eigenvalue weighted by Gasteiger charge is 2.40. The highest BCUT2D eigenvalue weighted by molar-refractivity contribution is 5.94. The van der Waals surface area contributed by atoms with Gasteiger partial charge in [-0.05, 0) is 37.1 Å². The van der Waals surface area contributed by atoms with Gasteiger partial charge in [0.2, 0.25) is 5.92 Å². The predicted molar refractivity (Wildman–Crippen MR) is 88.6 cm³/mol. The Labute approximate surface area is 149 Å². The fraction of sp³-hybridized carbons (Fsp3) is 0.611. The van der Waals surface area contributed by atoms with E-state index in [9.17, 15) is 23.1 Å². The predicted octanol–water partition coefficient (Wildman–Crippen LogP) is 1.85. The highest BCUT2D eigenvalue weighted by atomic mass is 19.3. The summed E-state index contributed by atoms with van der Waals surface area (Å²) < 4.78 is 44.8. The molecule has 1 aliphatic heterocycles. The zero-order chi connectivity index (χ0) is 18.7. The van der Waals surface area contributed by atoms with E-state index in [0.29, 0.717) is 18.4 Å². The Kier molecular flexibility index (Phi) is 5.84. The summed E-state index contributed by atoms with van der Waals surface area (Å²) in [6, 6.07) is 4.73. The van der Waals surface area contributed by atoms with E-state index in [1.807, 2.05) is 0 Å².